The van der Waals surface area contributed by atoms with E-state index in [1.54, 1.807) is 6.92 Å². The summed E-state index contributed by atoms with van der Waals surface area (Å²) in [4.78, 5) is 11.5. The molecule has 0 radical (unpaired) electrons. The predicted octanol–water partition coefficient (Wildman–Crippen LogP) is 5.28. The molecule has 1 aliphatic rings. The van der Waals surface area contributed by atoms with Crippen molar-refractivity contribution < 1.29 is 14.1 Å². The van der Waals surface area contributed by atoms with E-state index in [0.29, 0.717) is 5.75 Å². The molecule has 1 heterocycles. The fourth-order valence-electron chi connectivity index (χ4n) is 2.65. The minimum absolute atomic E-state index is 0.0931. The number of hydrogen-bond donors (Lipinski definition) is 0. The van der Waals surface area contributed by atoms with E-state index in [1.165, 1.54) is 17.3 Å². The van der Waals surface area contributed by atoms with Crippen molar-refractivity contribution in [2.75, 3.05) is 5.75 Å². The average Bonchev–Trinajstić information content (AvgIpc) is 2.71. The zero-order valence-electron chi connectivity index (χ0n) is 17.3. The quantitative estimate of drug-likeness (QED) is 0.672. The molecule has 0 unspecified atom stereocenters. The fraction of sp³-hybridized carbons (Fsp3) is 0.571. The van der Waals surface area contributed by atoms with E-state index in [1.807, 2.05) is 27.7 Å². The lowest BCUT2D eigenvalue weighted by atomic mass is 9.78. The van der Waals surface area contributed by atoms with Gasteiger partial charge in [-0.15, -0.1) is 0 Å². The van der Waals surface area contributed by atoms with Crippen molar-refractivity contribution in [3.05, 3.63) is 40.9 Å². The lowest BCUT2D eigenvalue weighted by Crippen LogP contribution is -2.41. The van der Waals surface area contributed by atoms with Gasteiger partial charge in [0, 0.05) is 12.7 Å². The molecule has 0 N–H and O–H groups in total. The second-order valence-corrected chi connectivity index (χ2v) is 10.1. The maximum Gasteiger partial charge on any atom is 0.491 e. The molecule has 0 amide bonds. The molecule has 1 aromatic rings. The van der Waals surface area contributed by atoms with Crippen molar-refractivity contribution in [1.29, 1.82) is 0 Å². The molecule has 0 atom stereocenters. The van der Waals surface area contributed by atoms with Gasteiger partial charge in [0.25, 0.3) is 0 Å². The molecule has 0 bridgehead atoms. The third-order valence-corrected chi connectivity index (χ3v) is 6.01. The van der Waals surface area contributed by atoms with Gasteiger partial charge in [0.15, 0.2) is 5.12 Å². The first-order chi connectivity index (χ1) is 11.8. The SMILES string of the molecule is CC(=O)SCC(=Cc1ccc(C(C)(C)C)cc1)B1OC(C)(C)C(C)(C)O1. The van der Waals surface area contributed by atoms with Gasteiger partial charge in [-0.2, -0.15) is 0 Å². The molecule has 0 aliphatic carbocycles. The summed E-state index contributed by atoms with van der Waals surface area (Å²) in [7, 11) is -0.436. The van der Waals surface area contributed by atoms with Crippen LogP contribution in [0.1, 0.15) is 66.5 Å². The second-order valence-electron chi connectivity index (χ2n) is 8.96. The van der Waals surface area contributed by atoms with Crippen LogP contribution in [0.4, 0.5) is 0 Å². The molecular formula is C21H31BO3S. The highest BCUT2D eigenvalue weighted by Crippen LogP contribution is 2.39. The normalized spacial score (nSPS) is 19.7. The molecule has 1 saturated heterocycles. The Morgan fingerprint density at radius 2 is 1.58 bits per heavy atom. The summed E-state index contributed by atoms with van der Waals surface area (Å²) < 4.78 is 12.4. The van der Waals surface area contributed by atoms with Gasteiger partial charge in [0.05, 0.1) is 11.2 Å². The summed E-state index contributed by atoms with van der Waals surface area (Å²) in [6.45, 7) is 16.4. The maximum absolute atomic E-state index is 11.5. The monoisotopic (exact) mass is 374 g/mol. The second kappa shape index (κ2) is 7.53. The first kappa shape index (κ1) is 21.3. The largest absolute Gasteiger partial charge is 0.491 e. The van der Waals surface area contributed by atoms with Crippen LogP contribution >= 0.6 is 11.8 Å². The van der Waals surface area contributed by atoms with Gasteiger partial charge in [-0.05, 0) is 49.7 Å². The van der Waals surface area contributed by atoms with Crippen LogP contribution in [-0.2, 0) is 19.5 Å². The summed E-state index contributed by atoms with van der Waals surface area (Å²) >= 11 is 1.29. The summed E-state index contributed by atoms with van der Waals surface area (Å²) in [6, 6.07) is 8.55. The molecule has 0 aromatic heterocycles. The Bertz CT molecular complexity index is 668. The van der Waals surface area contributed by atoms with Crippen LogP contribution in [-0.4, -0.2) is 29.2 Å². The number of thioether (sulfide) groups is 1. The van der Waals surface area contributed by atoms with Gasteiger partial charge in [0.2, 0.25) is 0 Å². The van der Waals surface area contributed by atoms with Crippen LogP contribution in [0.5, 0.6) is 0 Å². The molecule has 26 heavy (non-hydrogen) atoms. The highest BCUT2D eigenvalue weighted by Gasteiger charge is 2.52. The Labute approximate surface area is 163 Å². The first-order valence-electron chi connectivity index (χ1n) is 9.12. The van der Waals surface area contributed by atoms with Crippen LogP contribution in [0.2, 0.25) is 0 Å². The molecule has 1 fully saturated rings. The molecule has 142 valence electrons. The molecule has 1 aliphatic heterocycles. The first-order valence-corrected chi connectivity index (χ1v) is 10.1. The highest BCUT2D eigenvalue weighted by molar-refractivity contribution is 8.13. The zero-order valence-corrected chi connectivity index (χ0v) is 18.1. The van der Waals surface area contributed by atoms with Crippen molar-refractivity contribution in [1.82, 2.24) is 0 Å². The van der Waals surface area contributed by atoms with Crippen LogP contribution in [0.25, 0.3) is 6.08 Å². The van der Waals surface area contributed by atoms with Gasteiger partial charge in [-0.25, -0.2) is 0 Å². The number of hydrogen-bond acceptors (Lipinski definition) is 4. The zero-order chi connectivity index (χ0) is 19.8. The van der Waals surface area contributed by atoms with Crippen LogP contribution < -0.4 is 0 Å². The Morgan fingerprint density at radius 1 is 1.08 bits per heavy atom. The molecule has 5 heteroatoms. The number of benzene rings is 1. The molecular weight excluding hydrogens is 343 g/mol. The Hall–Kier alpha value is -1.04. The van der Waals surface area contributed by atoms with Gasteiger partial charge >= 0.3 is 7.12 Å². The number of carbonyl (C=O) groups is 1. The van der Waals surface area contributed by atoms with E-state index in [0.717, 1.165) is 11.0 Å². The van der Waals surface area contributed by atoms with Crippen molar-refractivity contribution in [3.63, 3.8) is 0 Å². The van der Waals surface area contributed by atoms with Crippen LogP contribution in [0, 0.1) is 0 Å². The highest BCUT2D eigenvalue weighted by atomic mass is 32.2. The lowest BCUT2D eigenvalue weighted by molar-refractivity contribution is -0.109. The predicted molar refractivity (Wildman–Crippen MR) is 112 cm³/mol. The minimum atomic E-state index is -0.436. The third-order valence-electron chi connectivity index (χ3n) is 5.13. The summed E-state index contributed by atoms with van der Waals surface area (Å²) in [5.41, 5.74) is 2.70. The van der Waals surface area contributed by atoms with Gasteiger partial charge in [0.1, 0.15) is 0 Å². The summed E-state index contributed by atoms with van der Waals surface area (Å²) in [5, 5.41) is 0.0931. The molecule has 2 rings (SSSR count). The Balaban J connectivity index is 2.30. The van der Waals surface area contributed by atoms with Crippen molar-refractivity contribution >= 4 is 30.1 Å². The lowest BCUT2D eigenvalue weighted by Gasteiger charge is -2.32. The molecule has 0 saturated carbocycles. The Kier molecular flexibility index (Phi) is 6.16. The number of rotatable bonds is 4. The topological polar surface area (TPSA) is 35.5 Å². The third kappa shape index (κ3) is 5.02. The standard InChI is InChI=1S/C21H31BO3S/c1-15(23)26-14-18(22-24-20(5,6)21(7,8)25-22)13-16-9-11-17(12-10-16)19(2,3)4/h9-13H,14H2,1-8H3. The smallest absolute Gasteiger partial charge is 0.400 e. The van der Waals surface area contributed by atoms with E-state index in [2.05, 4.69) is 51.1 Å². The van der Waals surface area contributed by atoms with Crippen molar-refractivity contribution in [2.24, 2.45) is 0 Å². The average molecular weight is 374 g/mol. The van der Waals surface area contributed by atoms with Crippen molar-refractivity contribution in [2.45, 2.75) is 72.0 Å². The summed E-state index contributed by atoms with van der Waals surface area (Å²) in [6.07, 6.45) is 2.09. The van der Waals surface area contributed by atoms with E-state index < -0.39 is 18.3 Å². The van der Waals surface area contributed by atoms with E-state index >= 15 is 0 Å². The molecule has 3 nitrogen and oxygen atoms in total. The van der Waals surface area contributed by atoms with Crippen molar-refractivity contribution in [3.8, 4) is 0 Å². The fourth-order valence-corrected chi connectivity index (χ4v) is 3.24. The summed E-state index contributed by atoms with van der Waals surface area (Å²) in [5.74, 6) is 0.563. The van der Waals surface area contributed by atoms with Gasteiger partial charge in [-0.3, -0.25) is 4.79 Å². The number of carbonyl (C=O) groups excluding carboxylic acids is 1. The molecule has 0 spiro atoms. The van der Waals surface area contributed by atoms with E-state index in [4.69, 9.17) is 9.31 Å². The van der Waals surface area contributed by atoms with Gasteiger partial charge in [-0.1, -0.05) is 62.9 Å². The molecule has 1 aromatic carbocycles. The van der Waals surface area contributed by atoms with E-state index in [-0.39, 0.29) is 10.5 Å². The Morgan fingerprint density at radius 3 is 2.00 bits per heavy atom. The van der Waals surface area contributed by atoms with Crippen LogP contribution in [0.3, 0.4) is 0 Å². The van der Waals surface area contributed by atoms with Crippen LogP contribution in [0.15, 0.2) is 29.7 Å². The van der Waals surface area contributed by atoms with Gasteiger partial charge < -0.3 is 9.31 Å². The maximum atomic E-state index is 11.5. The minimum Gasteiger partial charge on any atom is -0.400 e. The van der Waals surface area contributed by atoms with E-state index in [9.17, 15) is 4.79 Å².